The van der Waals surface area contributed by atoms with E-state index in [0.717, 1.165) is 5.56 Å². The number of carboxylic acid groups (broad SMARTS) is 1. The minimum atomic E-state index is -0.929. The fourth-order valence-corrected chi connectivity index (χ4v) is 2.64. The number of nitrogens with zero attached hydrogens (tertiary/aromatic N) is 1. The Balaban J connectivity index is 1.97. The lowest BCUT2D eigenvalue weighted by Crippen LogP contribution is -2.26. The van der Waals surface area contributed by atoms with E-state index in [4.69, 9.17) is 10.4 Å². The van der Waals surface area contributed by atoms with Crippen molar-refractivity contribution in [1.82, 2.24) is 5.32 Å². The van der Waals surface area contributed by atoms with Gasteiger partial charge in [0.1, 0.15) is 0 Å². The van der Waals surface area contributed by atoms with Gasteiger partial charge in [-0.3, -0.25) is 9.59 Å². The van der Waals surface area contributed by atoms with Crippen LogP contribution in [0.1, 0.15) is 25.0 Å². The van der Waals surface area contributed by atoms with Crippen LogP contribution in [0.25, 0.3) is 0 Å². The second kappa shape index (κ2) is 4.97. The summed E-state index contributed by atoms with van der Waals surface area (Å²) in [5, 5.41) is 20.6. The largest absolute Gasteiger partial charge is 0.481 e. The Morgan fingerprint density at radius 2 is 2.10 bits per heavy atom. The van der Waals surface area contributed by atoms with Crippen LogP contribution in [-0.2, 0) is 16.1 Å². The fraction of sp³-hybridized carbons (Fsp3) is 0.400. The van der Waals surface area contributed by atoms with Gasteiger partial charge in [0.2, 0.25) is 5.91 Å². The van der Waals surface area contributed by atoms with E-state index < -0.39 is 23.2 Å². The molecular formula is C15H16N2O3. The van der Waals surface area contributed by atoms with E-state index in [1.165, 1.54) is 0 Å². The molecule has 20 heavy (non-hydrogen) atoms. The summed E-state index contributed by atoms with van der Waals surface area (Å²) >= 11 is 0. The Morgan fingerprint density at radius 1 is 1.40 bits per heavy atom. The summed E-state index contributed by atoms with van der Waals surface area (Å²) in [5.74, 6) is -2.28. The summed E-state index contributed by atoms with van der Waals surface area (Å²) in [6.07, 6.45) is 0. The minimum absolute atomic E-state index is 0.246. The van der Waals surface area contributed by atoms with Crippen LogP contribution < -0.4 is 5.32 Å². The van der Waals surface area contributed by atoms with E-state index in [2.05, 4.69) is 5.32 Å². The smallest absolute Gasteiger partial charge is 0.307 e. The van der Waals surface area contributed by atoms with Crippen molar-refractivity contribution in [2.45, 2.75) is 20.4 Å². The van der Waals surface area contributed by atoms with Crippen molar-refractivity contribution in [3.05, 3.63) is 35.4 Å². The normalized spacial score (nSPS) is 22.6. The standard InChI is InChI=1S/C15H16N2O3/c1-15(2)11(12(15)14(19)20)13(18)17-8-10-5-3-4-9(6-10)7-16/h3-6,11-12H,8H2,1-2H3,(H,17,18)(H,19,20). The van der Waals surface area contributed by atoms with Crippen LogP contribution in [0.5, 0.6) is 0 Å². The first-order valence-corrected chi connectivity index (χ1v) is 6.37. The minimum Gasteiger partial charge on any atom is -0.481 e. The van der Waals surface area contributed by atoms with Crippen LogP contribution >= 0.6 is 0 Å². The van der Waals surface area contributed by atoms with Crippen molar-refractivity contribution in [2.75, 3.05) is 0 Å². The molecule has 1 amide bonds. The van der Waals surface area contributed by atoms with Gasteiger partial charge in [-0.25, -0.2) is 0 Å². The van der Waals surface area contributed by atoms with Crippen molar-refractivity contribution in [1.29, 1.82) is 5.26 Å². The van der Waals surface area contributed by atoms with E-state index in [-0.39, 0.29) is 5.91 Å². The van der Waals surface area contributed by atoms with E-state index in [1.54, 1.807) is 32.0 Å². The Labute approximate surface area is 117 Å². The Bertz CT molecular complexity index is 601. The molecule has 2 N–H and O–H groups in total. The van der Waals surface area contributed by atoms with Gasteiger partial charge in [0, 0.05) is 6.54 Å². The van der Waals surface area contributed by atoms with Gasteiger partial charge in [-0.1, -0.05) is 26.0 Å². The van der Waals surface area contributed by atoms with Crippen LogP contribution in [0.4, 0.5) is 0 Å². The third-order valence-electron chi connectivity index (χ3n) is 3.90. The fourth-order valence-electron chi connectivity index (χ4n) is 2.64. The molecule has 0 saturated heterocycles. The average molecular weight is 272 g/mol. The van der Waals surface area contributed by atoms with Gasteiger partial charge < -0.3 is 10.4 Å². The van der Waals surface area contributed by atoms with Gasteiger partial charge in [-0.2, -0.15) is 5.26 Å². The first-order valence-electron chi connectivity index (χ1n) is 6.37. The van der Waals surface area contributed by atoms with Crippen molar-refractivity contribution < 1.29 is 14.7 Å². The number of carboxylic acids is 1. The average Bonchev–Trinajstić information content (AvgIpc) is 2.99. The molecule has 5 nitrogen and oxygen atoms in total. The molecule has 0 spiro atoms. The molecule has 0 heterocycles. The zero-order valence-electron chi connectivity index (χ0n) is 11.4. The molecule has 2 atom stereocenters. The Kier molecular flexibility index (Phi) is 3.49. The first kappa shape index (κ1) is 14.1. The molecule has 1 aliphatic carbocycles. The zero-order valence-corrected chi connectivity index (χ0v) is 11.4. The molecule has 1 saturated carbocycles. The molecular weight excluding hydrogens is 256 g/mol. The highest BCUT2D eigenvalue weighted by Crippen LogP contribution is 2.58. The monoisotopic (exact) mass is 272 g/mol. The molecule has 2 unspecified atom stereocenters. The summed E-state index contributed by atoms with van der Waals surface area (Å²) in [6, 6.07) is 8.99. The number of aliphatic carboxylic acids is 1. The molecule has 0 aromatic heterocycles. The zero-order chi connectivity index (χ0) is 14.9. The molecule has 5 heteroatoms. The van der Waals surface area contributed by atoms with Gasteiger partial charge in [-0.15, -0.1) is 0 Å². The lowest BCUT2D eigenvalue weighted by Gasteiger charge is -2.06. The summed E-state index contributed by atoms with van der Waals surface area (Å²) < 4.78 is 0. The number of hydrogen-bond donors (Lipinski definition) is 2. The number of nitriles is 1. The maximum Gasteiger partial charge on any atom is 0.307 e. The molecule has 104 valence electrons. The quantitative estimate of drug-likeness (QED) is 0.869. The van der Waals surface area contributed by atoms with Gasteiger partial charge >= 0.3 is 5.97 Å². The topological polar surface area (TPSA) is 90.2 Å². The summed E-state index contributed by atoms with van der Waals surface area (Å²) in [4.78, 5) is 23.1. The predicted molar refractivity (Wildman–Crippen MR) is 71.4 cm³/mol. The number of carbonyl (C=O) groups is 2. The van der Waals surface area contributed by atoms with E-state index in [1.807, 2.05) is 12.1 Å². The van der Waals surface area contributed by atoms with Crippen molar-refractivity contribution in [3.8, 4) is 6.07 Å². The molecule has 0 bridgehead atoms. The molecule has 2 rings (SSSR count). The number of nitrogens with one attached hydrogen (secondary N) is 1. The van der Waals surface area contributed by atoms with Gasteiger partial charge in [0.25, 0.3) is 0 Å². The number of benzene rings is 1. The molecule has 1 aromatic carbocycles. The second-order valence-corrected chi connectivity index (χ2v) is 5.64. The van der Waals surface area contributed by atoms with Crippen molar-refractivity contribution in [2.24, 2.45) is 17.3 Å². The number of hydrogen-bond acceptors (Lipinski definition) is 3. The molecule has 1 aliphatic rings. The summed E-state index contributed by atoms with van der Waals surface area (Å²) in [7, 11) is 0. The summed E-state index contributed by atoms with van der Waals surface area (Å²) in [5.41, 5.74) is 0.861. The molecule has 0 radical (unpaired) electrons. The lowest BCUT2D eigenvalue weighted by atomic mass is 10.1. The number of amides is 1. The van der Waals surface area contributed by atoms with Gasteiger partial charge in [-0.05, 0) is 23.1 Å². The third-order valence-corrected chi connectivity index (χ3v) is 3.90. The maximum absolute atomic E-state index is 12.0. The predicted octanol–water partition coefficient (Wildman–Crippen LogP) is 1.53. The highest BCUT2D eigenvalue weighted by Gasteiger charge is 2.65. The highest BCUT2D eigenvalue weighted by molar-refractivity contribution is 5.91. The van der Waals surface area contributed by atoms with E-state index in [0.29, 0.717) is 12.1 Å². The summed E-state index contributed by atoms with van der Waals surface area (Å²) in [6.45, 7) is 3.87. The van der Waals surface area contributed by atoms with Crippen LogP contribution in [0.2, 0.25) is 0 Å². The van der Waals surface area contributed by atoms with Gasteiger partial charge in [0.15, 0.2) is 0 Å². The van der Waals surface area contributed by atoms with E-state index in [9.17, 15) is 9.59 Å². The van der Waals surface area contributed by atoms with Crippen LogP contribution in [0.3, 0.4) is 0 Å². The molecule has 1 fully saturated rings. The van der Waals surface area contributed by atoms with Crippen LogP contribution in [0, 0.1) is 28.6 Å². The van der Waals surface area contributed by atoms with Crippen molar-refractivity contribution >= 4 is 11.9 Å². The Hall–Kier alpha value is -2.35. The number of carbonyl (C=O) groups excluding carboxylic acids is 1. The van der Waals surface area contributed by atoms with Crippen LogP contribution in [-0.4, -0.2) is 17.0 Å². The number of rotatable bonds is 4. The highest BCUT2D eigenvalue weighted by atomic mass is 16.4. The van der Waals surface area contributed by atoms with E-state index >= 15 is 0 Å². The third kappa shape index (κ3) is 2.50. The molecule has 1 aromatic rings. The first-order chi connectivity index (χ1) is 9.37. The maximum atomic E-state index is 12.0. The lowest BCUT2D eigenvalue weighted by molar-refractivity contribution is -0.140. The van der Waals surface area contributed by atoms with Crippen molar-refractivity contribution in [3.63, 3.8) is 0 Å². The van der Waals surface area contributed by atoms with Crippen LogP contribution in [0.15, 0.2) is 24.3 Å². The Morgan fingerprint density at radius 3 is 2.65 bits per heavy atom. The SMILES string of the molecule is CC1(C)C(C(=O)O)C1C(=O)NCc1cccc(C#N)c1. The van der Waals surface area contributed by atoms with Gasteiger partial charge in [0.05, 0.1) is 23.5 Å². The second-order valence-electron chi connectivity index (χ2n) is 5.64. The molecule has 0 aliphatic heterocycles.